The number of carbonyl (C=O) groups is 3. The first-order valence-corrected chi connectivity index (χ1v) is 12.0. The van der Waals surface area contributed by atoms with Gasteiger partial charge < -0.3 is 9.47 Å². The molecule has 0 radical (unpaired) electrons. The summed E-state index contributed by atoms with van der Waals surface area (Å²) in [7, 11) is 1.51. The molecule has 0 saturated carbocycles. The lowest BCUT2D eigenvalue weighted by Gasteiger charge is -2.28. The molecule has 0 aliphatic carbocycles. The van der Waals surface area contributed by atoms with Gasteiger partial charge in [0.25, 0.3) is 11.8 Å². The lowest BCUT2D eigenvalue weighted by Crippen LogP contribution is -2.54. The number of benzene rings is 3. The van der Waals surface area contributed by atoms with Crippen LogP contribution in [0, 0.1) is 20.8 Å². The molecular formula is C28H25BrN2O5. The summed E-state index contributed by atoms with van der Waals surface area (Å²) in [5.74, 6) is -0.545. The van der Waals surface area contributed by atoms with Gasteiger partial charge in [-0.05, 0) is 83.2 Å². The van der Waals surface area contributed by atoms with Crippen LogP contribution < -0.4 is 19.7 Å². The molecule has 4 amide bonds. The summed E-state index contributed by atoms with van der Waals surface area (Å²) in [6.07, 6.45) is 1.43. The number of carbonyl (C=O) groups excluding carboxylic acids is 3. The van der Waals surface area contributed by atoms with Gasteiger partial charge in [-0.1, -0.05) is 42.0 Å². The fourth-order valence-electron chi connectivity index (χ4n) is 3.94. The second kappa shape index (κ2) is 10.4. The number of hydrogen-bond donors (Lipinski definition) is 1. The number of methoxy groups -OCH3 is 1. The Morgan fingerprint density at radius 2 is 1.75 bits per heavy atom. The fourth-order valence-corrected chi connectivity index (χ4v) is 4.52. The fraction of sp³-hybridized carbons (Fsp3) is 0.179. The van der Waals surface area contributed by atoms with E-state index >= 15 is 0 Å². The van der Waals surface area contributed by atoms with E-state index in [-0.39, 0.29) is 5.57 Å². The lowest BCUT2D eigenvalue weighted by atomic mass is 10.0. The first-order chi connectivity index (χ1) is 17.2. The molecule has 4 rings (SSSR count). The number of hydrogen-bond acceptors (Lipinski definition) is 5. The Labute approximate surface area is 217 Å². The molecule has 1 fully saturated rings. The van der Waals surface area contributed by atoms with Gasteiger partial charge in [0.2, 0.25) is 0 Å². The average molecular weight is 549 g/mol. The van der Waals surface area contributed by atoms with Crippen molar-refractivity contribution in [3.05, 3.63) is 92.5 Å². The number of amides is 4. The van der Waals surface area contributed by atoms with Gasteiger partial charge in [-0.25, -0.2) is 9.69 Å². The number of imide groups is 2. The molecule has 1 saturated heterocycles. The van der Waals surface area contributed by atoms with Crippen LogP contribution in [0.5, 0.6) is 11.5 Å². The van der Waals surface area contributed by atoms with Crippen molar-refractivity contribution < 1.29 is 23.9 Å². The van der Waals surface area contributed by atoms with E-state index < -0.39 is 17.8 Å². The molecule has 1 aliphatic rings. The molecule has 1 aliphatic heterocycles. The highest BCUT2D eigenvalue weighted by Gasteiger charge is 2.37. The standard InChI is InChI=1S/C28H25BrN2O5/c1-16-7-5-9-19(11-16)15-36-25-22(29)13-20(14-24(25)35-4)12-21-26(32)30-28(34)31(27(21)33)23-10-6-8-17(2)18(23)3/h5-14H,15H2,1-4H3,(H,30,32,34)/b21-12+. The van der Waals surface area contributed by atoms with E-state index in [9.17, 15) is 14.4 Å². The third kappa shape index (κ3) is 5.04. The van der Waals surface area contributed by atoms with Gasteiger partial charge in [0.1, 0.15) is 12.2 Å². The lowest BCUT2D eigenvalue weighted by molar-refractivity contribution is -0.122. The highest BCUT2D eigenvalue weighted by Crippen LogP contribution is 2.38. The van der Waals surface area contributed by atoms with Crippen molar-refractivity contribution in [3.63, 3.8) is 0 Å². The maximum absolute atomic E-state index is 13.3. The molecule has 3 aromatic carbocycles. The number of urea groups is 1. The zero-order valence-electron chi connectivity index (χ0n) is 20.3. The minimum Gasteiger partial charge on any atom is -0.493 e. The monoisotopic (exact) mass is 548 g/mol. The first-order valence-electron chi connectivity index (χ1n) is 11.2. The summed E-state index contributed by atoms with van der Waals surface area (Å²) in [6.45, 7) is 6.06. The third-order valence-electron chi connectivity index (χ3n) is 5.95. The molecule has 0 aromatic heterocycles. The molecule has 0 spiro atoms. The zero-order valence-corrected chi connectivity index (χ0v) is 21.9. The number of anilines is 1. The maximum Gasteiger partial charge on any atom is 0.335 e. The van der Waals surface area contributed by atoms with Crippen molar-refractivity contribution in [3.8, 4) is 11.5 Å². The maximum atomic E-state index is 13.3. The van der Waals surface area contributed by atoms with Crippen LogP contribution in [-0.2, 0) is 16.2 Å². The van der Waals surface area contributed by atoms with E-state index in [4.69, 9.17) is 9.47 Å². The van der Waals surface area contributed by atoms with E-state index in [1.165, 1.54) is 13.2 Å². The Bertz CT molecular complexity index is 1410. The van der Waals surface area contributed by atoms with Crippen LogP contribution in [0.2, 0.25) is 0 Å². The van der Waals surface area contributed by atoms with Crippen molar-refractivity contribution in [1.82, 2.24) is 5.32 Å². The summed E-state index contributed by atoms with van der Waals surface area (Å²) in [5, 5.41) is 2.26. The van der Waals surface area contributed by atoms with Crippen LogP contribution in [0.15, 0.2) is 64.6 Å². The average Bonchev–Trinajstić information content (AvgIpc) is 2.83. The Balaban J connectivity index is 1.66. The molecule has 36 heavy (non-hydrogen) atoms. The minimum atomic E-state index is -0.783. The van der Waals surface area contributed by atoms with Crippen LogP contribution in [0.4, 0.5) is 10.5 Å². The van der Waals surface area contributed by atoms with E-state index in [0.717, 1.165) is 27.2 Å². The molecule has 184 valence electrons. The number of nitrogens with zero attached hydrogens (tertiary/aromatic N) is 1. The molecule has 1 N–H and O–H groups in total. The first kappa shape index (κ1) is 25.2. The molecule has 8 heteroatoms. The van der Waals surface area contributed by atoms with Crippen LogP contribution in [-0.4, -0.2) is 25.0 Å². The normalized spacial score (nSPS) is 14.8. The van der Waals surface area contributed by atoms with Crippen molar-refractivity contribution in [1.29, 1.82) is 0 Å². The van der Waals surface area contributed by atoms with E-state index in [1.54, 1.807) is 24.3 Å². The van der Waals surface area contributed by atoms with E-state index in [1.807, 2.05) is 51.1 Å². The third-order valence-corrected chi connectivity index (χ3v) is 6.54. The number of nitrogens with one attached hydrogen (secondary N) is 1. The van der Waals surface area contributed by atoms with Gasteiger partial charge >= 0.3 is 6.03 Å². The predicted octanol–water partition coefficient (Wildman–Crippen LogP) is 5.63. The Kier molecular flexibility index (Phi) is 7.26. The molecule has 0 unspecified atom stereocenters. The summed E-state index contributed by atoms with van der Waals surface area (Å²) < 4.78 is 12.1. The van der Waals surface area contributed by atoms with Crippen molar-refractivity contribution in [2.75, 3.05) is 12.0 Å². The molecule has 0 atom stereocenters. The molecule has 0 bridgehead atoms. The summed E-state index contributed by atoms with van der Waals surface area (Å²) >= 11 is 3.51. The highest BCUT2D eigenvalue weighted by molar-refractivity contribution is 9.10. The van der Waals surface area contributed by atoms with Crippen LogP contribution >= 0.6 is 15.9 Å². The minimum absolute atomic E-state index is 0.169. The number of aryl methyl sites for hydroxylation is 2. The second-order valence-corrected chi connectivity index (χ2v) is 9.34. The molecule has 7 nitrogen and oxygen atoms in total. The SMILES string of the molecule is COc1cc(/C=C2\C(=O)NC(=O)N(c3cccc(C)c3C)C2=O)cc(Br)c1OCc1cccc(C)c1. The number of barbiturate groups is 1. The largest absolute Gasteiger partial charge is 0.493 e. The van der Waals surface area contributed by atoms with Gasteiger partial charge in [-0.15, -0.1) is 0 Å². The predicted molar refractivity (Wildman–Crippen MR) is 141 cm³/mol. The molecule has 1 heterocycles. The summed E-state index contributed by atoms with van der Waals surface area (Å²) in [6, 6.07) is 15.9. The van der Waals surface area contributed by atoms with Gasteiger partial charge in [0.15, 0.2) is 11.5 Å². The summed E-state index contributed by atoms with van der Waals surface area (Å²) in [4.78, 5) is 39.5. The summed E-state index contributed by atoms with van der Waals surface area (Å²) in [5.41, 5.74) is 4.62. The number of halogens is 1. The van der Waals surface area contributed by atoms with Gasteiger partial charge in [-0.3, -0.25) is 14.9 Å². The van der Waals surface area contributed by atoms with Gasteiger partial charge in [0.05, 0.1) is 17.3 Å². The van der Waals surface area contributed by atoms with E-state index in [0.29, 0.717) is 33.8 Å². The van der Waals surface area contributed by atoms with Crippen molar-refractivity contribution >= 4 is 45.5 Å². The van der Waals surface area contributed by atoms with Crippen LogP contribution in [0.25, 0.3) is 6.08 Å². The highest BCUT2D eigenvalue weighted by atomic mass is 79.9. The Morgan fingerprint density at radius 1 is 1.00 bits per heavy atom. The second-order valence-electron chi connectivity index (χ2n) is 8.49. The quantitative estimate of drug-likeness (QED) is 0.318. The Hall–Kier alpha value is -3.91. The van der Waals surface area contributed by atoms with Crippen LogP contribution in [0.1, 0.15) is 27.8 Å². The number of rotatable bonds is 6. The van der Waals surface area contributed by atoms with Gasteiger partial charge in [-0.2, -0.15) is 0 Å². The van der Waals surface area contributed by atoms with Gasteiger partial charge in [0, 0.05) is 0 Å². The van der Waals surface area contributed by atoms with Crippen LogP contribution in [0.3, 0.4) is 0 Å². The molecule has 3 aromatic rings. The zero-order chi connectivity index (χ0) is 26.0. The van der Waals surface area contributed by atoms with E-state index in [2.05, 4.69) is 21.2 Å². The van der Waals surface area contributed by atoms with Crippen molar-refractivity contribution in [2.24, 2.45) is 0 Å². The molecular weight excluding hydrogens is 524 g/mol. The topological polar surface area (TPSA) is 84.9 Å². The number of ether oxygens (including phenoxy) is 2. The smallest absolute Gasteiger partial charge is 0.335 e. The van der Waals surface area contributed by atoms with Crippen molar-refractivity contribution in [2.45, 2.75) is 27.4 Å². The Morgan fingerprint density at radius 3 is 2.47 bits per heavy atom.